The van der Waals surface area contributed by atoms with Crippen molar-refractivity contribution in [3.63, 3.8) is 0 Å². The Kier molecular flexibility index (Phi) is 4.87. The van der Waals surface area contributed by atoms with Crippen LogP contribution in [0.2, 0.25) is 0 Å². The molecule has 0 saturated carbocycles. The van der Waals surface area contributed by atoms with E-state index in [4.69, 9.17) is 5.73 Å². The summed E-state index contributed by atoms with van der Waals surface area (Å²) >= 11 is 1.52. The first-order valence-electron chi connectivity index (χ1n) is 6.07. The summed E-state index contributed by atoms with van der Waals surface area (Å²) in [6, 6.07) is 6.62. The van der Waals surface area contributed by atoms with Crippen molar-refractivity contribution >= 4 is 11.8 Å². The Bertz CT molecular complexity index is 528. The van der Waals surface area contributed by atoms with Crippen LogP contribution in [0.4, 0.5) is 4.39 Å². The lowest BCUT2D eigenvalue weighted by molar-refractivity contribution is 0.624. The Hall–Kier alpha value is -1.46. The molecule has 3 nitrogen and oxygen atoms in total. The zero-order chi connectivity index (χ0) is 13.7. The molecule has 0 bridgehead atoms. The highest BCUT2D eigenvalue weighted by atomic mass is 32.2. The molecule has 0 fully saturated rings. The monoisotopic (exact) mass is 277 g/mol. The van der Waals surface area contributed by atoms with E-state index in [9.17, 15) is 4.39 Å². The fraction of sp³-hybridized carbons (Fsp3) is 0.286. The van der Waals surface area contributed by atoms with Crippen LogP contribution in [0.25, 0.3) is 0 Å². The van der Waals surface area contributed by atoms with Gasteiger partial charge in [-0.2, -0.15) is 0 Å². The van der Waals surface area contributed by atoms with E-state index >= 15 is 0 Å². The Morgan fingerprint density at radius 1 is 1.32 bits per heavy atom. The Morgan fingerprint density at radius 2 is 2.05 bits per heavy atom. The number of benzene rings is 1. The SMILES string of the molecule is CC(N)Cc1cnc(CSc2cccc(F)c2)nc1. The molecule has 1 aromatic carbocycles. The maximum atomic E-state index is 13.0. The molecular formula is C14H16FN3S. The van der Waals surface area contributed by atoms with Gasteiger partial charge >= 0.3 is 0 Å². The lowest BCUT2D eigenvalue weighted by Crippen LogP contribution is -2.18. The highest BCUT2D eigenvalue weighted by molar-refractivity contribution is 7.98. The van der Waals surface area contributed by atoms with Gasteiger partial charge in [0.1, 0.15) is 11.6 Å². The van der Waals surface area contributed by atoms with Gasteiger partial charge in [-0.05, 0) is 37.1 Å². The number of thioether (sulfide) groups is 1. The standard InChI is InChI=1S/C14H16FN3S/c1-10(16)5-11-7-17-14(18-8-11)9-19-13-4-2-3-12(15)6-13/h2-4,6-8,10H,5,9,16H2,1H3. The molecule has 2 N–H and O–H groups in total. The highest BCUT2D eigenvalue weighted by Gasteiger charge is 2.02. The molecule has 0 aliphatic rings. The highest BCUT2D eigenvalue weighted by Crippen LogP contribution is 2.21. The molecule has 19 heavy (non-hydrogen) atoms. The van der Waals surface area contributed by atoms with E-state index in [0.29, 0.717) is 5.75 Å². The summed E-state index contributed by atoms with van der Waals surface area (Å²) in [4.78, 5) is 9.45. The van der Waals surface area contributed by atoms with Gasteiger partial charge in [-0.25, -0.2) is 14.4 Å². The lowest BCUT2D eigenvalue weighted by atomic mass is 10.1. The van der Waals surface area contributed by atoms with Crippen molar-refractivity contribution in [2.75, 3.05) is 0 Å². The van der Waals surface area contributed by atoms with E-state index in [2.05, 4.69) is 9.97 Å². The Morgan fingerprint density at radius 3 is 2.68 bits per heavy atom. The summed E-state index contributed by atoms with van der Waals surface area (Å²) in [6.45, 7) is 1.95. The quantitative estimate of drug-likeness (QED) is 0.854. The third-order valence-electron chi connectivity index (χ3n) is 2.48. The van der Waals surface area contributed by atoms with Gasteiger partial charge in [-0.1, -0.05) is 6.07 Å². The van der Waals surface area contributed by atoms with Crippen molar-refractivity contribution in [3.05, 3.63) is 53.9 Å². The number of hydrogen-bond acceptors (Lipinski definition) is 4. The molecule has 0 saturated heterocycles. The predicted molar refractivity (Wildman–Crippen MR) is 75.3 cm³/mol. The molecule has 1 aromatic heterocycles. The van der Waals surface area contributed by atoms with Gasteiger partial charge in [0.15, 0.2) is 0 Å². The lowest BCUT2D eigenvalue weighted by Gasteiger charge is -2.05. The molecule has 0 aliphatic carbocycles. The van der Waals surface area contributed by atoms with Gasteiger partial charge in [-0.15, -0.1) is 11.8 Å². The third kappa shape index (κ3) is 4.61. The molecular weight excluding hydrogens is 261 g/mol. The van der Waals surface area contributed by atoms with E-state index in [1.165, 1.54) is 23.9 Å². The average Bonchev–Trinajstić information content (AvgIpc) is 2.37. The topological polar surface area (TPSA) is 51.8 Å². The number of hydrogen-bond donors (Lipinski definition) is 1. The molecule has 2 rings (SSSR count). The van der Waals surface area contributed by atoms with E-state index in [1.54, 1.807) is 18.5 Å². The number of nitrogens with two attached hydrogens (primary N) is 1. The van der Waals surface area contributed by atoms with E-state index in [1.807, 2.05) is 13.0 Å². The average molecular weight is 277 g/mol. The predicted octanol–water partition coefficient (Wildman–Crippen LogP) is 2.80. The molecule has 0 spiro atoms. The van der Waals surface area contributed by atoms with Crippen LogP contribution in [-0.4, -0.2) is 16.0 Å². The molecule has 0 radical (unpaired) electrons. The van der Waals surface area contributed by atoms with Gasteiger partial charge in [0, 0.05) is 23.3 Å². The van der Waals surface area contributed by atoms with Crippen molar-refractivity contribution in [2.24, 2.45) is 5.73 Å². The zero-order valence-corrected chi connectivity index (χ0v) is 11.5. The fourth-order valence-corrected chi connectivity index (χ4v) is 2.45. The first kappa shape index (κ1) is 14.0. The first-order valence-corrected chi connectivity index (χ1v) is 7.06. The molecule has 100 valence electrons. The van der Waals surface area contributed by atoms with Crippen LogP contribution in [0.1, 0.15) is 18.3 Å². The minimum Gasteiger partial charge on any atom is -0.328 e. The Balaban J connectivity index is 1.93. The van der Waals surface area contributed by atoms with Gasteiger partial charge < -0.3 is 5.73 Å². The molecule has 0 aliphatic heterocycles. The van der Waals surface area contributed by atoms with E-state index in [0.717, 1.165) is 22.7 Å². The summed E-state index contributed by atoms with van der Waals surface area (Å²) in [5.74, 6) is 1.14. The second kappa shape index (κ2) is 6.63. The zero-order valence-electron chi connectivity index (χ0n) is 10.7. The van der Waals surface area contributed by atoms with Crippen LogP contribution in [0, 0.1) is 5.82 Å². The maximum Gasteiger partial charge on any atom is 0.138 e. The smallest absolute Gasteiger partial charge is 0.138 e. The molecule has 1 heterocycles. The van der Waals surface area contributed by atoms with E-state index in [-0.39, 0.29) is 11.9 Å². The number of nitrogens with zero attached hydrogens (tertiary/aromatic N) is 2. The van der Waals surface area contributed by atoms with Gasteiger partial charge in [0.25, 0.3) is 0 Å². The largest absolute Gasteiger partial charge is 0.328 e. The normalized spacial score (nSPS) is 12.4. The molecule has 1 atom stereocenters. The minimum atomic E-state index is -0.224. The van der Waals surface area contributed by atoms with Crippen LogP contribution in [-0.2, 0) is 12.2 Å². The van der Waals surface area contributed by atoms with Crippen molar-refractivity contribution in [1.82, 2.24) is 9.97 Å². The number of aromatic nitrogens is 2. The second-order valence-corrected chi connectivity index (χ2v) is 5.48. The summed E-state index contributed by atoms with van der Waals surface area (Å²) < 4.78 is 13.0. The second-order valence-electron chi connectivity index (χ2n) is 4.43. The molecule has 0 amide bonds. The van der Waals surface area contributed by atoms with Crippen LogP contribution >= 0.6 is 11.8 Å². The first-order chi connectivity index (χ1) is 9.13. The molecule has 5 heteroatoms. The van der Waals surface area contributed by atoms with Crippen molar-refractivity contribution < 1.29 is 4.39 Å². The van der Waals surface area contributed by atoms with E-state index < -0.39 is 0 Å². The van der Waals surface area contributed by atoms with Crippen LogP contribution in [0.3, 0.4) is 0 Å². The molecule has 2 aromatic rings. The number of halogens is 1. The van der Waals surface area contributed by atoms with Gasteiger partial charge in [-0.3, -0.25) is 0 Å². The molecule has 1 unspecified atom stereocenters. The summed E-state index contributed by atoms with van der Waals surface area (Å²) in [5, 5.41) is 0. The van der Waals surface area contributed by atoms with Crippen LogP contribution in [0.5, 0.6) is 0 Å². The van der Waals surface area contributed by atoms with Crippen molar-refractivity contribution in [2.45, 2.75) is 30.0 Å². The fourth-order valence-electron chi connectivity index (χ4n) is 1.64. The third-order valence-corrected chi connectivity index (χ3v) is 3.47. The minimum absolute atomic E-state index is 0.108. The van der Waals surface area contributed by atoms with Crippen LogP contribution in [0.15, 0.2) is 41.6 Å². The van der Waals surface area contributed by atoms with Gasteiger partial charge in [0.05, 0.1) is 5.75 Å². The Labute approximate surface area is 116 Å². The summed E-state index contributed by atoms with van der Waals surface area (Å²) in [6.07, 6.45) is 4.38. The van der Waals surface area contributed by atoms with Crippen molar-refractivity contribution in [3.8, 4) is 0 Å². The van der Waals surface area contributed by atoms with Gasteiger partial charge in [0.2, 0.25) is 0 Å². The number of rotatable bonds is 5. The van der Waals surface area contributed by atoms with Crippen LogP contribution < -0.4 is 5.73 Å². The van der Waals surface area contributed by atoms with Crippen molar-refractivity contribution in [1.29, 1.82) is 0 Å². The summed E-state index contributed by atoms with van der Waals surface area (Å²) in [5.41, 5.74) is 6.75. The summed E-state index contributed by atoms with van der Waals surface area (Å²) in [7, 11) is 0. The maximum absolute atomic E-state index is 13.0.